The lowest BCUT2D eigenvalue weighted by molar-refractivity contribution is -0.137. The molecule has 0 aliphatic heterocycles. The fourth-order valence-corrected chi connectivity index (χ4v) is 4.44. The van der Waals surface area contributed by atoms with E-state index < -0.39 is 17.6 Å². The average molecular weight is 505 g/mol. The number of alkyl halides is 1. The molecule has 0 fully saturated rings. The van der Waals surface area contributed by atoms with Gasteiger partial charge in [-0.15, -0.1) is 5.10 Å². The zero-order valence-corrected chi connectivity index (χ0v) is 21.4. The standard InChI is InChI=1S/C27H33FN8O/c1-27(2,3)25(36(17-21(28)15-29)24(37)14-23-31-33-34-32-23)26-30-22(20-12-8-5-9-13-20)18-35(26)16-19-10-6-4-7-11-19/h4-13,18,21,25H,14-17,29H2,1-3H3,(H,31,32,33,34)/t21-,25-/m0/s1. The van der Waals surface area contributed by atoms with Crippen LogP contribution in [0.15, 0.2) is 66.9 Å². The second-order valence-electron chi connectivity index (χ2n) is 10.1. The molecule has 0 saturated heterocycles. The SMILES string of the molecule is CC(C)(C)[C@H](c1nc(-c2ccccc2)cn1Cc1ccccc1)N(C[C@@H](F)CN)C(=O)Cc1nnn[nH]1. The number of nitrogens with zero attached hydrogens (tertiary/aromatic N) is 6. The third-order valence-corrected chi connectivity index (χ3v) is 6.13. The maximum Gasteiger partial charge on any atom is 0.231 e. The summed E-state index contributed by atoms with van der Waals surface area (Å²) in [7, 11) is 0. The van der Waals surface area contributed by atoms with Crippen molar-refractivity contribution in [3.8, 4) is 11.3 Å². The lowest BCUT2D eigenvalue weighted by Crippen LogP contribution is -2.47. The van der Waals surface area contributed by atoms with Gasteiger partial charge in [-0.05, 0) is 21.4 Å². The van der Waals surface area contributed by atoms with Crippen LogP contribution in [-0.4, -0.2) is 60.2 Å². The highest BCUT2D eigenvalue weighted by Crippen LogP contribution is 2.39. The Labute approximate surface area is 215 Å². The Kier molecular flexibility index (Phi) is 8.08. The van der Waals surface area contributed by atoms with E-state index in [1.54, 1.807) is 4.90 Å². The molecule has 2 heterocycles. The molecule has 2 aromatic carbocycles. The highest BCUT2D eigenvalue weighted by Gasteiger charge is 2.39. The molecule has 0 unspecified atom stereocenters. The lowest BCUT2D eigenvalue weighted by atomic mass is 9.84. The number of tetrazole rings is 1. The third kappa shape index (κ3) is 6.45. The molecule has 2 atom stereocenters. The van der Waals surface area contributed by atoms with Gasteiger partial charge in [-0.1, -0.05) is 81.4 Å². The van der Waals surface area contributed by atoms with Crippen molar-refractivity contribution in [1.82, 2.24) is 35.1 Å². The van der Waals surface area contributed by atoms with Crippen molar-refractivity contribution in [3.05, 3.63) is 84.1 Å². The number of halogens is 1. The number of rotatable bonds is 10. The third-order valence-electron chi connectivity index (χ3n) is 6.13. The molecule has 4 aromatic rings. The Bertz CT molecular complexity index is 1270. The van der Waals surface area contributed by atoms with Gasteiger partial charge in [0, 0.05) is 24.8 Å². The van der Waals surface area contributed by atoms with Crippen molar-refractivity contribution in [2.45, 2.75) is 46.0 Å². The smallest absolute Gasteiger partial charge is 0.231 e. The summed E-state index contributed by atoms with van der Waals surface area (Å²) < 4.78 is 16.9. The number of nitrogens with one attached hydrogen (secondary N) is 1. The molecule has 4 rings (SSSR count). The number of hydrogen-bond acceptors (Lipinski definition) is 6. The van der Waals surface area contributed by atoms with Crippen LogP contribution < -0.4 is 5.73 Å². The van der Waals surface area contributed by atoms with E-state index in [4.69, 9.17) is 10.7 Å². The van der Waals surface area contributed by atoms with Crippen molar-refractivity contribution in [1.29, 1.82) is 0 Å². The van der Waals surface area contributed by atoms with E-state index in [1.807, 2.05) is 87.6 Å². The minimum absolute atomic E-state index is 0.0954. The van der Waals surface area contributed by atoms with Gasteiger partial charge in [0.25, 0.3) is 0 Å². The molecule has 194 valence electrons. The average Bonchev–Trinajstić information content (AvgIpc) is 3.54. The number of aromatic nitrogens is 6. The summed E-state index contributed by atoms with van der Waals surface area (Å²) in [5, 5.41) is 13.6. The Morgan fingerprint density at radius 3 is 2.38 bits per heavy atom. The first-order valence-corrected chi connectivity index (χ1v) is 12.3. The summed E-state index contributed by atoms with van der Waals surface area (Å²) in [5.41, 5.74) is 7.98. The molecule has 3 N–H and O–H groups in total. The van der Waals surface area contributed by atoms with Crippen molar-refractivity contribution in [3.63, 3.8) is 0 Å². The summed E-state index contributed by atoms with van der Waals surface area (Å²) in [6.07, 6.45) is 0.504. The lowest BCUT2D eigenvalue weighted by Gasteiger charge is -2.40. The highest BCUT2D eigenvalue weighted by molar-refractivity contribution is 5.78. The number of imidazole rings is 1. The number of benzene rings is 2. The van der Waals surface area contributed by atoms with Gasteiger partial charge in [-0.25, -0.2) is 14.5 Å². The number of H-pyrrole nitrogens is 1. The highest BCUT2D eigenvalue weighted by atomic mass is 19.1. The summed E-state index contributed by atoms with van der Waals surface area (Å²) in [5.74, 6) is 0.664. The van der Waals surface area contributed by atoms with Crippen LogP contribution >= 0.6 is 0 Å². The van der Waals surface area contributed by atoms with E-state index in [-0.39, 0.29) is 25.4 Å². The normalized spacial score (nSPS) is 13.3. The zero-order valence-electron chi connectivity index (χ0n) is 21.4. The first kappa shape index (κ1) is 26.2. The molecule has 1 amide bonds. The van der Waals surface area contributed by atoms with Gasteiger partial charge in [-0.2, -0.15) is 0 Å². The van der Waals surface area contributed by atoms with Gasteiger partial charge in [-0.3, -0.25) is 4.79 Å². The van der Waals surface area contributed by atoms with E-state index in [1.165, 1.54) is 0 Å². The first-order chi connectivity index (χ1) is 17.8. The van der Waals surface area contributed by atoms with Crippen molar-refractivity contribution >= 4 is 5.91 Å². The van der Waals surface area contributed by atoms with Gasteiger partial charge in [0.05, 0.1) is 24.7 Å². The van der Waals surface area contributed by atoms with E-state index in [9.17, 15) is 9.18 Å². The van der Waals surface area contributed by atoms with Crippen LogP contribution in [0.1, 0.15) is 44.0 Å². The van der Waals surface area contributed by atoms with Crippen LogP contribution in [0.3, 0.4) is 0 Å². The van der Waals surface area contributed by atoms with Crippen molar-refractivity contribution in [2.24, 2.45) is 11.1 Å². The largest absolute Gasteiger partial charge is 0.329 e. The summed E-state index contributed by atoms with van der Waals surface area (Å²) >= 11 is 0. The van der Waals surface area contributed by atoms with E-state index in [0.29, 0.717) is 18.2 Å². The number of hydrogen-bond donors (Lipinski definition) is 2. The van der Waals surface area contributed by atoms with Crippen LogP contribution in [0, 0.1) is 5.41 Å². The minimum Gasteiger partial charge on any atom is -0.329 e. The quantitative estimate of drug-likeness (QED) is 0.341. The Morgan fingerprint density at radius 2 is 1.78 bits per heavy atom. The maximum atomic E-state index is 14.8. The summed E-state index contributed by atoms with van der Waals surface area (Å²) in [6, 6.07) is 19.4. The number of amides is 1. The summed E-state index contributed by atoms with van der Waals surface area (Å²) in [6.45, 7) is 6.25. The molecule has 0 spiro atoms. The molecular weight excluding hydrogens is 471 g/mol. The second kappa shape index (κ2) is 11.4. The van der Waals surface area contributed by atoms with Gasteiger partial charge in [0.1, 0.15) is 12.0 Å². The van der Waals surface area contributed by atoms with Crippen molar-refractivity contribution < 1.29 is 9.18 Å². The van der Waals surface area contributed by atoms with E-state index in [0.717, 1.165) is 16.8 Å². The fraction of sp³-hybridized carbons (Fsp3) is 0.370. The van der Waals surface area contributed by atoms with Gasteiger partial charge in [0.2, 0.25) is 5.91 Å². The van der Waals surface area contributed by atoms with E-state index >= 15 is 0 Å². The van der Waals surface area contributed by atoms with Crippen LogP contribution in [0.5, 0.6) is 0 Å². The molecule has 9 nitrogen and oxygen atoms in total. The van der Waals surface area contributed by atoms with Crippen LogP contribution in [0.2, 0.25) is 0 Å². The zero-order chi connectivity index (χ0) is 26.4. The first-order valence-electron chi connectivity index (χ1n) is 12.3. The topological polar surface area (TPSA) is 119 Å². The molecule has 0 bridgehead atoms. The monoisotopic (exact) mass is 504 g/mol. The van der Waals surface area contributed by atoms with Crippen LogP contribution in [0.4, 0.5) is 4.39 Å². The molecule has 0 aliphatic carbocycles. The second-order valence-corrected chi connectivity index (χ2v) is 10.1. The molecular formula is C27H33FN8O. The summed E-state index contributed by atoms with van der Waals surface area (Å²) in [4.78, 5) is 20.2. The Morgan fingerprint density at radius 1 is 1.11 bits per heavy atom. The fourth-order valence-electron chi connectivity index (χ4n) is 4.44. The van der Waals surface area contributed by atoms with Crippen LogP contribution in [0.25, 0.3) is 11.3 Å². The Balaban J connectivity index is 1.83. The molecule has 37 heavy (non-hydrogen) atoms. The van der Waals surface area contributed by atoms with Gasteiger partial charge >= 0.3 is 0 Å². The molecule has 0 saturated carbocycles. The van der Waals surface area contributed by atoms with Crippen LogP contribution in [-0.2, 0) is 17.8 Å². The van der Waals surface area contributed by atoms with Gasteiger partial charge < -0.3 is 15.2 Å². The van der Waals surface area contributed by atoms with Crippen molar-refractivity contribution in [2.75, 3.05) is 13.1 Å². The number of nitrogens with two attached hydrogens (primary N) is 1. The Hall–Kier alpha value is -3.92. The number of carbonyl (C=O) groups excluding carboxylic acids is 1. The minimum atomic E-state index is -1.40. The molecule has 0 aliphatic rings. The predicted molar refractivity (Wildman–Crippen MR) is 139 cm³/mol. The van der Waals surface area contributed by atoms with Gasteiger partial charge in [0.15, 0.2) is 5.82 Å². The number of carbonyl (C=O) groups is 1. The van der Waals surface area contributed by atoms with E-state index in [2.05, 4.69) is 25.2 Å². The molecule has 10 heteroatoms. The molecule has 2 aromatic heterocycles. The molecule has 0 radical (unpaired) electrons. The number of aromatic amines is 1. The maximum absolute atomic E-state index is 14.8. The predicted octanol–water partition coefficient (Wildman–Crippen LogP) is 3.57.